The minimum Gasteiger partial charge on any atom is -0.392 e. The number of hydrogen-bond donors (Lipinski definition) is 2. The Hall–Kier alpha value is -3.51. The van der Waals surface area contributed by atoms with E-state index in [-0.39, 0.29) is 12.2 Å². The molecule has 0 atom stereocenters. The van der Waals surface area contributed by atoms with Crippen LogP contribution in [0.5, 0.6) is 0 Å². The normalized spacial score (nSPS) is 11.0. The van der Waals surface area contributed by atoms with Crippen LogP contribution in [0.2, 0.25) is 0 Å². The van der Waals surface area contributed by atoms with Gasteiger partial charge in [-0.1, -0.05) is 36.4 Å². The molecule has 0 saturated heterocycles. The molecule has 0 amide bonds. The quantitative estimate of drug-likeness (QED) is 0.573. The summed E-state index contributed by atoms with van der Waals surface area (Å²) in [5, 5.41) is 13.1. The first-order valence-corrected chi connectivity index (χ1v) is 8.96. The number of aryl methyl sites for hydroxylation is 1. The van der Waals surface area contributed by atoms with Gasteiger partial charge in [-0.3, -0.25) is 4.79 Å². The van der Waals surface area contributed by atoms with E-state index in [2.05, 4.69) is 15.3 Å². The van der Waals surface area contributed by atoms with Crippen LogP contribution in [0.1, 0.15) is 11.1 Å². The molecule has 0 radical (unpaired) electrons. The number of fused-ring (bicyclic) bond motifs is 1. The van der Waals surface area contributed by atoms with Crippen molar-refractivity contribution in [2.75, 3.05) is 5.32 Å². The molecule has 4 aromatic rings. The molecule has 28 heavy (non-hydrogen) atoms. The zero-order valence-corrected chi connectivity index (χ0v) is 15.7. The number of anilines is 2. The summed E-state index contributed by atoms with van der Waals surface area (Å²) in [4.78, 5) is 21.7. The molecular formula is C22H20N4O2. The van der Waals surface area contributed by atoms with Crippen LogP contribution in [0.25, 0.3) is 22.2 Å². The lowest BCUT2D eigenvalue weighted by Gasteiger charge is -2.13. The van der Waals surface area contributed by atoms with Gasteiger partial charge in [0.1, 0.15) is 5.52 Å². The third kappa shape index (κ3) is 3.25. The van der Waals surface area contributed by atoms with Crippen LogP contribution in [0.4, 0.5) is 11.6 Å². The highest BCUT2D eigenvalue weighted by Gasteiger charge is 2.12. The smallest absolute Gasteiger partial charge is 0.277 e. The number of aliphatic hydroxyl groups is 1. The van der Waals surface area contributed by atoms with E-state index in [1.807, 2.05) is 61.5 Å². The van der Waals surface area contributed by atoms with Gasteiger partial charge in [0.15, 0.2) is 0 Å². The molecule has 0 saturated carbocycles. The fraction of sp³-hybridized carbons (Fsp3) is 0.136. The van der Waals surface area contributed by atoms with E-state index in [1.54, 1.807) is 17.8 Å². The SMILES string of the molecule is Cc1ccccc1-c1cc2cnc(Nc3cccc(CO)c3)nc2c(=O)n1C. The average Bonchev–Trinajstić information content (AvgIpc) is 2.72. The summed E-state index contributed by atoms with van der Waals surface area (Å²) in [5.41, 5.74) is 4.65. The summed E-state index contributed by atoms with van der Waals surface area (Å²) in [6, 6.07) is 17.2. The van der Waals surface area contributed by atoms with Crippen LogP contribution in [0, 0.1) is 6.92 Å². The molecule has 0 aliphatic carbocycles. The fourth-order valence-electron chi connectivity index (χ4n) is 3.24. The highest BCUT2D eigenvalue weighted by atomic mass is 16.3. The van der Waals surface area contributed by atoms with Gasteiger partial charge in [0.05, 0.1) is 12.3 Å². The van der Waals surface area contributed by atoms with E-state index in [0.717, 1.165) is 28.1 Å². The first-order chi connectivity index (χ1) is 13.6. The van der Waals surface area contributed by atoms with Gasteiger partial charge in [-0.2, -0.15) is 0 Å². The van der Waals surface area contributed by atoms with Crippen LogP contribution >= 0.6 is 0 Å². The predicted molar refractivity (Wildman–Crippen MR) is 111 cm³/mol. The van der Waals surface area contributed by atoms with Crippen molar-refractivity contribution in [1.29, 1.82) is 0 Å². The van der Waals surface area contributed by atoms with Crippen LogP contribution in [0.3, 0.4) is 0 Å². The van der Waals surface area contributed by atoms with Gasteiger partial charge in [-0.15, -0.1) is 0 Å². The van der Waals surface area contributed by atoms with Crippen LogP contribution in [0.15, 0.2) is 65.6 Å². The summed E-state index contributed by atoms with van der Waals surface area (Å²) in [7, 11) is 1.75. The maximum absolute atomic E-state index is 13.0. The van der Waals surface area contributed by atoms with E-state index >= 15 is 0 Å². The summed E-state index contributed by atoms with van der Waals surface area (Å²) in [6.07, 6.45) is 1.66. The summed E-state index contributed by atoms with van der Waals surface area (Å²) >= 11 is 0. The van der Waals surface area contributed by atoms with Crippen molar-refractivity contribution in [3.05, 3.63) is 82.3 Å². The molecule has 0 bridgehead atoms. The van der Waals surface area contributed by atoms with Gasteiger partial charge in [-0.25, -0.2) is 9.97 Å². The van der Waals surface area contributed by atoms with Gasteiger partial charge in [-0.05, 0) is 36.2 Å². The Labute approximate surface area is 162 Å². The third-order valence-corrected chi connectivity index (χ3v) is 4.76. The van der Waals surface area contributed by atoms with E-state index < -0.39 is 0 Å². The number of aliphatic hydroxyl groups excluding tert-OH is 1. The van der Waals surface area contributed by atoms with E-state index in [0.29, 0.717) is 16.9 Å². The maximum atomic E-state index is 13.0. The summed E-state index contributed by atoms with van der Waals surface area (Å²) in [6.45, 7) is 1.98. The largest absolute Gasteiger partial charge is 0.392 e. The van der Waals surface area contributed by atoms with Crippen LogP contribution < -0.4 is 10.9 Å². The predicted octanol–water partition coefficient (Wildman–Crippen LogP) is 3.54. The maximum Gasteiger partial charge on any atom is 0.277 e. The Bertz CT molecular complexity index is 1230. The number of rotatable bonds is 4. The highest BCUT2D eigenvalue weighted by molar-refractivity contribution is 5.83. The molecule has 2 N–H and O–H groups in total. The first kappa shape index (κ1) is 17.9. The Morgan fingerprint density at radius 1 is 1.11 bits per heavy atom. The van der Waals surface area contributed by atoms with Crippen molar-refractivity contribution >= 4 is 22.5 Å². The lowest BCUT2D eigenvalue weighted by atomic mass is 10.0. The van der Waals surface area contributed by atoms with Gasteiger partial charge in [0, 0.05) is 29.9 Å². The number of aromatic nitrogens is 3. The number of hydrogen-bond acceptors (Lipinski definition) is 5. The van der Waals surface area contributed by atoms with Gasteiger partial charge < -0.3 is 15.0 Å². The molecule has 0 spiro atoms. The average molecular weight is 372 g/mol. The summed E-state index contributed by atoms with van der Waals surface area (Å²) in [5.74, 6) is 0.336. The van der Waals surface area contributed by atoms with Gasteiger partial charge >= 0.3 is 0 Å². The lowest BCUT2D eigenvalue weighted by Crippen LogP contribution is -2.20. The monoisotopic (exact) mass is 372 g/mol. The van der Waals surface area contributed by atoms with Crippen molar-refractivity contribution in [3.63, 3.8) is 0 Å². The Morgan fingerprint density at radius 2 is 1.93 bits per heavy atom. The third-order valence-electron chi connectivity index (χ3n) is 4.76. The second kappa shape index (κ2) is 7.25. The van der Waals surface area contributed by atoms with Crippen molar-refractivity contribution in [2.45, 2.75) is 13.5 Å². The molecule has 0 aliphatic rings. The zero-order valence-electron chi connectivity index (χ0n) is 15.7. The Kier molecular flexibility index (Phi) is 4.63. The minimum atomic E-state index is -0.176. The van der Waals surface area contributed by atoms with Crippen molar-refractivity contribution in [2.24, 2.45) is 7.05 Å². The summed E-state index contributed by atoms with van der Waals surface area (Å²) < 4.78 is 1.62. The molecule has 140 valence electrons. The zero-order chi connectivity index (χ0) is 19.7. The number of pyridine rings is 1. The van der Waals surface area contributed by atoms with Gasteiger partial charge in [0.25, 0.3) is 5.56 Å². The van der Waals surface area contributed by atoms with Crippen molar-refractivity contribution in [3.8, 4) is 11.3 Å². The second-order valence-corrected chi connectivity index (χ2v) is 6.69. The first-order valence-electron chi connectivity index (χ1n) is 8.96. The number of nitrogens with one attached hydrogen (secondary N) is 1. The van der Waals surface area contributed by atoms with Crippen LogP contribution in [-0.2, 0) is 13.7 Å². The standard InChI is InChI=1S/C22H20N4O2/c1-14-6-3-4-9-18(14)19-11-16-12-23-22(25-20(16)21(28)26(19)2)24-17-8-5-7-15(10-17)13-27/h3-12,27H,13H2,1-2H3,(H,23,24,25). The topological polar surface area (TPSA) is 80.0 Å². The Balaban J connectivity index is 1.79. The number of benzene rings is 2. The lowest BCUT2D eigenvalue weighted by molar-refractivity contribution is 0.282. The highest BCUT2D eigenvalue weighted by Crippen LogP contribution is 2.24. The van der Waals surface area contributed by atoms with Crippen LogP contribution in [-0.4, -0.2) is 19.6 Å². The van der Waals surface area contributed by atoms with E-state index in [9.17, 15) is 9.90 Å². The Morgan fingerprint density at radius 3 is 2.71 bits per heavy atom. The molecule has 2 aromatic heterocycles. The molecule has 0 fully saturated rings. The molecule has 2 heterocycles. The minimum absolute atomic E-state index is 0.0453. The molecule has 6 heteroatoms. The van der Waals surface area contributed by atoms with E-state index in [4.69, 9.17) is 0 Å². The second-order valence-electron chi connectivity index (χ2n) is 6.69. The molecule has 0 aliphatic heterocycles. The molecule has 2 aromatic carbocycles. The van der Waals surface area contributed by atoms with Crippen molar-refractivity contribution in [1.82, 2.24) is 14.5 Å². The van der Waals surface area contributed by atoms with Crippen molar-refractivity contribution < 1.29 is 5.11 Å². The van der Waals surface area contributed by atoms with Gasteiger partial charge in [0.2, 0.25) is 5.95 Å². The molecule has 0 unspecified atom stereocenters. The fourth-order valence-corrected chi connectivity index (χ4v) is 3.24. The number of nitrogens with zero attached hydrogens (tertiary/aromatic N) is 3. The molecule has 6 nitrogen and oxygen atoms in total. The molecular weight excluding hydrogens is 352 g/mol. The molecule has 4 rings (SSSR count). The van der Waals surface area contributed by atoms with E-state index in [1.165, 1.54) is 0 Å².